The van der Waals surface area contributed by atoms with Gasteiger partial charge < -0.3 is 4.98 Å². The van der Waals surface area contributed by atoms with E-state index in [0.717, 1.165) is 22.8 Å². The predicted octanol–water partition coefficient (Wildman–Crippen LogP) is 2.09. The third kappa shape index (κ3) is 1.45. The lowest BCUT2D eigenvalue weighted by Crippen LogP contribution is -1.87. The second-order valence-corrected chi connectivity index (χ2v) is 3.05. The average molecular weight is 173 g/mol. The highest BCUT2D eigenvalue weighted by Gasteiger charge is 2.03. The van der Waals surface area contributed by atoms with Crippen molar-refractivity contribution in [3.8, 4) is 11.4 Å². The van der Waals surface area contributed by atoms with Crippen LogP contribution in [0.1, 0.15) is 11.4 Å². The second-order valence-electron chi connectivity index (χ2n) is 3.05. The van der Waals surface area contributed by atoms with Crippen LogP contribution in [0.25, 0.3) is 11.4 Å². The lowest BCUT2D eigenvalue weighted by atomic mass is 10.2. The molecule has 0 aliphatic carbocycles. The zero-order valence-electron chi connectivity index (χ0n) is 7.70. The highest BCUT2D eigenvalue weighted by Crippen LogP contribution is 2.17. The van der Waals surface area contributed by atoms with Gasteiger partial charge in [0.1, 0.15) is 5.82 Å². The van der Waals surface area contributed by atoms with Crippen LogP contribution in [-0.2, 0) is 0 Å². The van der Waals surface area contributed by atoms with E-state index in [1.807, 2.05) is 32.2 Å². The molecule has 0 amide bonds. The Morgan fingerprint density at radius 2 is 2.08 bits per heavy atom. The fraction of sp³-hybridized carbons (Fsp3) is 0.200. The minimum atomic E-state index is 0.892. The molecule has 0 aliphatic rings. The molecule has 1 N–H and O–H groups in total. The maximum atomic E-state index is 4.25. The summed E-state index contributed by atoms with van der Waals surface area (Å²) in [5.41, 5.74) is 3.13. The van der Waals surface area contributed by atoms with Crippen LogP contribution < -0.4 is 0 Å². The maximum Gasteiger partial charge on any atom is 0.139 e. The Labute approximate surface area is 76.9 Å². The molecule has 66 valence electrons. The quantitative estimate of drug-likeness (QED) is 0.717. The third-order valence-corrected chi connectivity index (χ3v) is 1.96. The molecule has 3 heteroatoms. The van der Waals surface area contributed by atoms with Gasteiger partial charge in [0.2, 0.25) is 0 Å². The number of aryl methyl sites for hydroxylation is 2. The van der Waals surface area contributed by atoms with Crippen molar-refractivity contribution in [3.05, 3.63) is 35.9 Å². The molecule has 13 heavy (non-hydrogen) atoms. The van der Waals surface area contributed by atoms with E-state index in [2.05, 4.69) is 15.0 Å². The number of nitrogens with zero attached hydrogens (tertiary/aromatic N) is 2. The fourth-order valence-electron chi connectivity index (χ4n) is 1.28. The minimum Gasteiger partial charge on any atom is -0.342 e. The van der Waals surface area contributed by atoms with Gasteiger partial charge in [-0.05, 0) is 26.0 Å². The first-order valence-corrected chi connectivity index (χ1v) is 4.21. The number of aromatic nitrogens is 3. The number of hydrogen-bond acceptors (Lipinski definition) is 2. The molecular weight excluding hydrogens is 162 g/mol. The van der Waals surface area contributed by atoms with Gasteiger partial charge in [-0.1, -0.05) is 0 Å². The van der Waals surface area contributed by atoms with E-state index in [9.17, 15) is 0 Å². The molecule has 2 aromatic rings. The summed E-state index contributed by atoms with van der Waals surface area (Å²) in [5.74, 6) is 0.892. The van der Waals surface area contributed by atoms with E-state index in [-0.39, 0.29) is 0 Å². The Morgan fingerprint density at radius 3 is 2.69 bits per heavy atom. The zero-order chi connectivity index (χ0) is 9.26. The van der Waals surface area contributed by atoms with Gasteiger partial charge in [0.25, 0.3) is 0 Å². The summed E-state index contributed by atoms with van der Waals surface area (Å²) in [7, 11) is 0. The monoisotopic (exact) mass is 173 g/mol. The Bertz CT molecular complexity index is 418. The molecular formula is C10H11N3. The SMILES string of the molecule is Cc1cnc(-c2cccnc2C)[nH]1. The Hall–Kier alpha value is -1.64. The minimum absolute atomic E-state index is 0.892. The Balaban J connectivity index is 2.52. The summed E-state index contributed by atoms with van der Waals surface area (Å²) in [4.78, 5) is 11.6. The van der Waals surface area contributed by atoms with E-state index in [1.165, 1.54) is 0 Å². The Kier molecular flexibility index (Phi) is 1.85. The molecule has 0 aliphatic heterocycles. The topological polar surface area (TPSA) is 41.6 Å². The van der Waals surface area contributed by atoms with Crippen LogP contribution in [0.15, 0.2) is 24.5 Å². The molecule has 2 rings (SSSR count). The number of nitrogens with one attached hydrogen (secondary N) is 1. The average Bonchev–Trinajstić information content (AvgIpc) is 2.53. The smallest absolute Gasteiger partial charge is 0.139 e. The van der Waals surface area contributed by atoms with Gasteiger partial charge in [-0.25, -0.2) is 4.98 Å². The summed E-state index contributed by atoms with van der Waals surface area (Å²) in [6.07, 6.45) is 3.61. The van der Waals surface area contributed by atoms with Crippen LogP contribution in [0, 0.1) is 13.8 Å². The van der Waals surface area contributed by atoms with Crippen LogP contribution in [0.5, 0.6) is 0 Å². The zero-order valence-corrected chi connectivity index (χ0v) is 7.70. The van der Waals surface area contributed by atoms with Crippen LogP contribution in [0.3, 0.4) is 0 Å². The van der Waals surface area contributed by atoms with Crippen molar-refractivity contribution in [2.24, 2.45) is 0 Å². The molecule has 0 aromatic carbocycles. The summed E-state index contributed by atoms with van der Waals surface area (Å²) >= 11 is 0. The molecule has 0 radical (unpaired) electrons. The van der Waals surface area contributed by atoms with E-state index in [4.69, 9.17) is 0 Å². The lowest BCUT2D eigenvalue weighted by molar-refractivity contribution is 1.17. The molecule has 0 bridgehead atoms. The van der Waals surface area contributed by atoms with Crippen LogP contribution >= 0.6 is 0 Å². The largest absolute Gasteiger partial charge is 0.342 e. The first-order valence-electron chi connectivity index (χ1n) is 4.21. The number of aromatic amines is 1. The summed E-state index contributed by atoms with van der Waals surface area (Å²) in [6, 6.07) is 3.93. The van der Waals surface area contributed by atoms with Gasteiger partial charge in [-0.3, -0.25) is 4.98 Å². The van der Waals surface area contributed by atoms with Gasteiger partial charge in [-0.15, -0.1) is 0 Å². The van der Waals surface area contributed by atoms with E-state index in [0.29, 0.717) is 0 Å². The molecule has 0 saturated carbocycles. The third-order valence-electron chi connectivity index (χ3n) is 1.96. The number of hydrogen-bond donors (Lipinski definition) is 1. The molecule has 0 spiro atoms. The summed E-state index contributed by atoms with van der Waals surface area (Å²) in [5, 5.41) is 0. The van der Waals surface area contributed by atoms with Gasteiger partial charge >= 0.3 is 0 Å². The van der Waals surface area contributed by atoms with Crippen molar-refractivity contribution < 1.29 is 0 Å². The van der Waals surface area contributed by atoms with Gasteiger partial charge in [0.05, 0.1) is 0 Å². The molecule has 2 heterocycles. The predicted molar refractivity (Wildman–Crippen MR) is 51.3 cm³/mol. The summed E-state index contributed by atoms with van der Waals surface area (Å²) < 4.78 is 0. The maximum absolute atomic E-state index is 4.25. The van der Waals surface area contributed by atoms with E-state index >= 15 is 0 Å². The standard InChI is InChI=1S/C10H11N3/c1-7-6-12-10(13-7)9-4-3-5-11-8(9)2/h3-6H,1-2H3,(H,12,13). The second kappa shape index (κ2) is 3.01. The summed E-state index contributed by atoms with van der Waals surface area (Å²) in [6.45, 7) is 3.97. The molecule has 2 aromatic heterocycles. The van der Waals surface area contributed by atoms with E-state index in [1.54, 1.807) is 6.20 Å². The van der Waals surface area contributed by atoms with Crippen molar-refractivity contribution >= 4 is 0 Å². The van der Waals surface area contributed by atoms with Crippen molar-refractivity contribution in [1.29, 1.82) is 0 Å². The van der Waals surface area contributed by atoms with Crippen molar-refractivity contribution in [2.45, 2.75) is 13.8 Å². The highest BCUT2D eigenvalue weighted by molar-refractivity contribution is 5.57. The molecule has 0 unspecified atom stereocenters. The van der Waals surface area contributed by atoms with Gasteiger partial charge in [0, 0.05) is 29.3 Å². The molecule has 0 fully saturated rings. The van der Waals surface area contributed by atoms with Crippen LogP contribution in [0.4, 0.5) is 0 Å². The molecule has 3 nitrogen and oxygen atoms in total. The van der Waals surface area contributed by atoms with Crippen molar-refractivity contribution in [2.75, 3.05) is 0 Å². The number of pyridine rings is 1. The molecule has 0 saturated heterocycles. The van der Waals surface area contributed by atoms with Crippen LogP contribution in [-0.4, -0.2) is 15.0 Å². The normalized spacial score (nSPS) is 10.3. The first-order chi connectivity index (χ1) is 6.27. The highest BCUT2D eigenvalue weighted by atomic mass is 14.9. The van der Waals surface area contributed by atoms with Crippen LogP contribution in [0.2, 0.25) is 0 Å². The number of imidazole rings is 1. The van der Waals surface area contributed by atoms with Crippen molar-refractivity contribution in [3.63, 3.8) is 0 Å². The number of rotatable bonds is 1. The van der Waals surface area contributed by atoms with Gasteiger partial charge in [0.15, 0.2) is 0 Å². The lowest BCUT2D eigenvalue weighted by Gasteiger charge is -1.99. The van der Waals surface area contributed by atoms with Crippen molar-refractivity contribution in [1.82, 2.24) is 15.0 Å². The first kappa shape index (κ1) is 7.98. The Morgan fingerprint density at radius 1 is 1.23 bits per heavy atom. The van der Waals surface area contributed by atoms with Gasteiger partial charge in [-0.2, -0.15) is 0 Å². The molecule has 0 atom stereocenters. The van der Waals surface area contributed by atoms with E-state index < -0.39 is 0 Å². The number of H-pyrrole nitrogens is 1. The fourth-order valence-corrected chi connectivity index (χ4v) is 1.28.